The van der Waals surface area contributed by atoms with Crippen molar-refractivity contribution in [3.63, 3.8) is 0 Å². The Morgan fingerprint density at radius 3 is 1.49 bits per heavy atom. The van der Waals surface area contributed by atoms with Crippen LogP contribution in [0, 0.1) is 0 Å². The Kier molecular flexibility index (Phi) is 21.8. The van der Waals surface area contributed by atoms with E-state index in [-0.39, 0.29) is 51.7 Å². The number of methoxy groups -OCH3 is 1. The van der Waals surface area contributed by atoms with Gasteiger partial charge in [0.15, 0.2) is 0 Å². The third-order valence-corrected chi connectivity index (χ3v) is 11.0. The van der Waals surface area contributed by atoms with Crippen LogP contribution in [-0.4, -0.2) is 132 Å². The first kappa shape index (κ1) is 59.8. The van der Waals surface area contributed by atoms with Crippen molar-refractivity contribution < 1.29 is 61.7 Å². The Labute approximate surface area is 423 Å². The van der Waals surface area contributed by atoms with Gasteiger partial charge in [-0.05, 0) is 119 Å². The molecular weight excluding hydrogens is 934 g/mol. The van der Waals surface area contributed by atoms with Gasteiger partial charge in [0.2, 0.25) is 23.6 Å². The first-order chi connectivity index (χ1) is 33.4. The summed E-state index contributed by atoms with van der Waals surface area (Å²) in [6.07, 6.45) is -2.37. The zero-order valence-corrected chi connectivity index (χ0v) is 44.1. The molecule has 3 rings (SSSR count). The molecule has 19 nitrogen and oxygen atoms in total. The fraction of sp³-hybridized carbons (Fsp3) is 0.615. The Bertz CT molecular complexity index is 2140. The molecule has 1 saturated heterocycles. The fourth-order valence-electron chi connectivity index (χ4n) is 7.72. The van der Waals surface area contributed by atoms with Crippen LogP contribution in [0.15, 0.2) is 60.7 Å². The summed E-state index contributed by atoms with van der Waals surface area (Å²) in [6.45, 7) is 17.7. The minimum absolute atomic E-state index is 0.0279. The third kappa shape index (κ3) is 21.9. The molecule has 400 valence electrons. The van der Waals surface area contributed by atoms with E-state index in [2.05, 4.69) is 31.9 Å². The number of hydrogen-bond acceptors (Lipinski definition) is 12. The van der Waals surface area contributed by atoms with Gasteiger partial charge in [-0.3, -0.25) is 19.2 Å². The number of rotatable bonds is 21. The molecule has 1 aliphatic rings. The van der Waals surface area contributed by atoms with Crippen molar-refractivity contribution in [1.29, 1.82) is 0 Å². The van der Waals surface area contributed by atoms with Crippen LogP contribution in [0.2, 0.25) is 0 Å². The molecule has 0 saturated carbocycles. The molecule has 0 aliphatic carbocycles. The van der Waals surface area contributed by atoms with Gasteiger partial charge in [-0.25, -0.2) is 23.6 Å². The Morgan fingerprint density at radius 1 is 0.583 bits per heavy atom. The largest absolute Gasteiger partial charge is 0.467 e. The zero-order valence-electron chi connectivity index (χ0n) is 44.1. The number of likely N-dealkylation sites (tertiary alicyclic amines) is 1. The molecule has 2 aromatic carbocycles. The van der Waals surface area contributed by atoms with Crippen LogP contribution in [0.1, 0.15) is 126 Å². The number of benzene rings is 2. The number of alkyl carbamates (subject to hydrolysis) is 3. The summed E-state index contributed by atoms with van der Waals surface area (Å²) in [6, 6.07) is 12.2. The lowest BCUT2D eigenvalue weighted by atomic mass is 9.87. The highest BCUT2D eigenvalue weighted by molar-refractivity contribution is 5.96. The zero-order chi connectivity index (χ0) is 54.1. The molecule has 1 fully saturated rings. The highest BCUT2D eigenvalue weighted by Gasteiger charge is 2.46. The number of unbranched alkanes of at least 4 members (excludes halogenated alkanes) is 1. The molecule has 0 bridgehead atoms. The van der Waals surface area contributed by atoms with Crippen molar-refractivity contribution in [3.05, 3.63) is 71.8 Å². The highest BCUT2D eigenvalue weighted by atomic mass is 19.1. The molecule has 7 amide bonds. The molecular formula is C52H78FN7O12. The number of esters is 1. The maximum Gasteiger partial charge on any atom is 0.408 e. The Balaban J connectivity index is 1.94. The van der Waals surface area contributed by atoms with Gasteiger partial charge in [0.25, 0.3) is 0 Å². The van der Waals surface area contributed by atoms with E-state index >= 15 is 4.39 Å². The van der Waals surface area contributed by atoms with Gasteiger partial charge in [0.05, 0.1) is 7.11 Å². The third-order valence-electron chi connectivity index (χ3n) is 11.0. The summed E-state index contributed by atoms with van der Waals surface area (Å²) in [5.74, 6) is -3.78. The van der Waals surface area contributed by atoms with E-state index in [1.165, 1.54) is 25.9 Å². The maximum atomic E-state index is 15.7. The van der Waals surface area contributed by atoms with E-state index in [0.717, 1.165) is 0 Å². The summed E-state index contributed by atoms with van der Waals surface area (Å²) in [5, 5.41) is 16.1. The summed E-state index contributed by atoms with van der Waals surface area (Å²) in [4.78, 5) is 110. The van der Waals surface area contributed by atoms with Crippen LogP contribution in [0.5, 0.6) is 0 Å². The number of carbonyl (C=O) groups excluding carboxylic acids is 8. The SMILES string of the molecule is COC(=O)C1(NC(=O)OC(C)(C)C)CCN(C(=O)C(CCCCNC(=O)OC(C)(C)C)NC(=O)C(CC(C)(C)F)NC(=O)C(Cc2ccccc2)NC(=O)C(Cc2ccccc2)NC(=O)OC(C)(C)C)CC1. The lowest BCUT2D eigenvalue weighted by Gasteiger charge is -2.41. The monoisotopic (exact) mass is 1010 g/mol. The highest BCUT2D eigenvalue weighted by Crippen LogP contribution is 2.26. The van der Waals surface area contributed by atoms with Gasteiger partial charge in [-0.2, -0.15) is 0 Å². The van der Waals surface area contributed by atoms with Crippen LogP contribution >= 0.6 is 0 Å². The topological polar surface area (TPSA) is 249 Å². The molecule has 0 spiro atoms. The number of amides is 7. The quantitative estimate of drug-likeness (QED) is 0.0500. The Morgan fingerprint density at radius 2 is 1.01 bits per heavy atom. The number of alkyl halides is 1. The second-order valence-electron chi connectivity index (χ2n) is 21.6. The predicted molar refractivity (Wildman–Crippen MR) is 267 cm³/mol. The van der Waals surface area contributed by atoms with Crippen molar-refractivity contribution >= 4 is 47.9 Å². The van der Waals surface area contributed by atoms with Gasteiger partial charge in [-0.15, -0.1) is 0 Å². The van der Waals surface area contributed by atoms with E-state index < -0.39 is 106 Å². The van der Waals surface area contributed by atoms with Crippen LogP contribution in [0.4, 0.5) is 18.8 Å². The standard InChI is InChI=1S/C52H78FN7O12/c1-48(2,3)70-45(66)54-28-20-19-25-36(43(64)60-29-26-52(27-30-60,44(65)69-12)59-47(68)72-50(7,8)9)55-42(63)39(33-51(10,11)53)57-40(61)37(31-34-21-15-13-16-22-34)56-41(62)38(32-35-23-17-14-18-24-35)58-46(67)71-49(4,5)6/h13-18,21-24,36-39H,19-20,25-33H2,1-12H3,(H,54,66)(H,55,63)(H,56,62)(H,57,61)(H,58,67)(H,59,68). The number of ether oxygens (including phenoxy) is 4. The van der Waals surface area contributed by atoms with Gasteiger partial charge in [0, 0.05) is 38.9 Å². The van der Waals surface area contributed by atoms with Crippen LogP contribution < -0.4 is 31.9 Å². The van der Waals surface area contributed by atoms with Gasteiger partial charge < -0.3 is 55.7 Å². The molecule has 72 heavy (non-hydrogen) atoms. The summed E-state index contributed by atoms with van der Waals surface area (Å²) in [5.41, 5.74) is -4.72. The van der Waals surface area contributed by atoms with E-state index in [0.29, 0.717) is 24.0 Å². The lowest BCUT2D eigenvalue weighted by molar-refractivity contribution is -0.153. The summed E-state index contributed by atoms with van der Waals surface area (Å²) in [7, 11) is 1.18. The number of nitrogens with one attached hydrogen (secondary N) is 6. The second kappa shape index (κ2) is 26.3. The minimum Gasteiger partial charge on any atom is -0.467 e. The van der Waals surface area contributed by atoms with Crippen molar-refractivity contribution in [2.75, 3.05) is 26.7 Å². The maximum absolute atomic E-state index is 15.7. The second-order valence-corrected chi connectivity index (χ2v) is 21.6. The molecule has 1 heterocycles. The van der Waals surface area contributed by atoms with Crippen molar-refractivity contribution in [3.8, 4) is 0 Å². The van der Waals surface area contributed by atoms with Gasteiger partial charge in [-0.1, -0.05) is 60.7 Å². The van der Waals surface area contributed by atoms with Crippen molar-refractivity contribution in [1.82, 2.24) is 36.8 Å². The first-order valence-electron chi connectivity index (χ1n) is 24.4. The smallest absolute Gasteiger partial charge is 0.408 e. The van der Waals surface area contributed by atoms with E-state index in [1.54, 1.807) is 123 Å². The average Bonchev–Trinajstić information content (AvgIpc) is 3.25. The van der Waals surface area contributed by atoms with E-state index in [9.17, 15) is 38.4 Å². The number of hydrogen-bond donors (Lipinski definition) is 6. The molecule has 0 radical (unpaired) electrons. The number of nitrogens with zero attached hydrogens (tertiary/aromatic N) is 1. The van der Waals surface area contributed by atoms with Crippen LogP contribution in [-0.2, 0) is 55.8 Å². The Hall–Kier alpha value is -6.47. The van der Waals surface area contributed by atoms with Crippen molar-refractivity contribution in [2.45, 2.75) is 180 Å². The number of carbonyl (C=O) groups is 8. The predicted octanol–water partition coefficient (Wildman–Crippen LogP) is 5.71. The summed E-state index contributed by atoms with van der Waals surface area (Å²) >= 11 is 0. The summed E-state index contributed by atoms with van der Waals surface area (Å²) < 4.78 is 36.9. The molecule has 0 aromatic heterocycles. The van der Waals surface area contributed by atoms with E-state index in [4.69, 9.17) is 18.9 Å². The van der Waals surface area contributed by atoms with Gasteiger partial charge in [0.1, 0.15) is 52.2 Å². The first-order valence-corrected chi connectivity index (χ1v) is 24.4. The average molecular weight is 1010 g/mol. The molecule has 4 atom stereocenters. The van der Waals surface area contributed by atoms with Crippen LogP contribution in [0.3, 0.4) is 0 Å². The molecule has 20 heteroatoms. The van der Waals surface area contributed by atoms with Crippen molar-refractivity contribution in [2.24, 2.45) is 0 Å². The normalized spacial score (nSPS) is 15.5. The minimum atomic E-state index is -2.04. The molecule has 1 aliphatic heterocycles. The molecule has 4 unspecified atom stereocenters. The number of piperidine rings is 1. The lowest BCUT2D eigenvalue weighted by Crippen LogP contribution is -2.63. The van der Waals surface area contributed by atoms with E-state index in [1.807, 2.05) is 0 Å². The molecule has 6 N–H and O–H groups in total. The van der Waals surface area contributed by atoms with Crippen LogP contribution in [0.25, 0.3) is 0 Å². The fourth-order valence-corrected chi connectivity index (χ4v) is 7.72. The van der Waals surface area contributed by atoms with Gasteiger partial charge >= 0.3 is 24.2 Å². The molecule has 2 aromatic rings. The number of halogens is 1.